The minimum absolute atomic E-state index is 0.0582. The molecule has 32 heavy (non-hydrogen) atoms. The summed E-state index contributed by atoms with van der Waals surface area (Å²) in [5.74, 6) is 1.22. The maximum absolute atomic E-state index is 10.7. The molecule has 0 radical (unpaired) electrons. The molecule has 7 heteroatoms. The van der Waals surface area contributed by atoms with Crippen molar-refractivity contribution in [2.75, 3.05) is 0 Å². The van der Waals surface area contributed by atoms with Gasteiger partial charge in [-0.3, -0.25) is 9.08 Å². The van der Waals surface area contributed by atoms with E-state index < -0.39 is 0 Å². The van der Waals surface area contributed by atoms with Crippen LogP contribution in [-0.4, -0.2) is 40.3 Å². The third-order valence-corrected chi connectivity index (χ3v) is 6.27. The highest BCUT2D eigenvalue weighted by atomic mass is 16.3. The normalized spacial score (nSPS) is 18.3. The second-order valence-electron chi connectivity index (χ2n) is 10.3. The molecule has 0 aliphatic carbocycles. The van der Waals surface area contributed by atoms with Crippen molar-refractivity contribution in [1.82, 2.24) is 29.5 Å². The van der Waals surface area contributed by atoms with E-state index in [0.717, 1.165) is 29.7 Å². The summed E-state index contributed by atoms with van der Waals surface area (Å²) in [5.41, 5.74) is 4.46. The lowest BCUT2D eigenvalue weighted by Crippen LogP contribution is -2.57. The first-order chi connectivity index (χ1) is 15.1. The maximum Gasteiger partial charge on any atom is 0.234 e. The molecule has 0 atom stereocenters. The molecule has 0 unspecified atom stereocenters. The summed E-state index contributed by atoms with van der Waals surface area (Å²) >= 11 is 0. The monoisotopic (exact) mass is 430 g/mol. The lowest BCUT2D eigenvalue weighted by atomic mass is 9.74. The minimum Gasteiger partial charge on any atom is -0.507 e. The van der Waals surface area contributed by atoms with E-state index in [1.54, 1.807) is 16.9 Å². The topological polar surface area (TPSA) is 80.3 Å². The summed E-state index contributed by atoms with van der Waals surface area (Å²) < 4.78 is 3.67. The first-order valence-electron chi connectivity index (χ1n) is 11.1. The Kier molecular flexibility index (Phi) is 4.64. The van der Waals surface area contributed by atoms with E-state index in [1.165, 1.54) is 0 Å². The largest absolute Gasteiger partial charge is 0.507 e. The number of hydrogen-bond donors (Lipinski definition) is 2. The summed E-state index contributed by atoms with van der Waals surface area (Å²) in [4.78, 5) is 9.64. The van der Waals surface area contributed by atoms with E-state index >= 15 is 0 Å². The van der Waals surface area contributed by atoms with Crippen LogP contribution >= 0.6 is 0 Å². The summed E-state index contributed by atoms with van der Waals surface area (Å²) in [6.07, 6.45) is 9.72. The number of rotatable bonds is 3. The second-order valence-corrected chi connectivity index (χ2v) is 10.3. The zero-order chi connectivity index (χ0) is 22.7. The molecule has 5 rings (SSSR count). The molecular formula is C25H30N6O. The van der Waals surface area contributed by atoms with Crippen molar-refractivity contribution in [1.29, 1.82) is 0 Å². The zero-order valence-electron chi connectivity index (χ0n) is 19.3. The van der Waals surface area contributed by atoms with Crippen LogP contribution in [0.3, 0.4) is 0 Å². The number of benzene rings is 1. The molecule has 7 nitrogen and oxygen atoms in total. The fourth-order valence-electron chi connectivity index (χ4n) is 5.27. The van der Waals surface area contributed by atoms with E-state index in [2.05, 4.69) is 44.2 Å². The second kappa shape index (κ2) is 7.17. The van der Waals surface area contributed by atoms with Crippen molar-refractivity contribution in [3.05, 3.63) is 54.7 Å². The van der Waals surface area contributed by atoms with Crippen LogP contribution in [0, 0.1) is 0 Å². The van der Waals surface area contributed by atoms with E-state index in [-0.39, 0.29) is 16.8 Å². The van der Waals surface area contributed by atoms with Crippen LogP contribution < -0.4 is 5.32 Å². The van der Waals surface area contributed by atoms with Gasteiger partial charge in [-0.05, 0) is 64.3 Å². The highest BCUT2D eigenvalue weighted by Crippen LogP contribution is 2.39. The molecule has 4 aromatic rings. The van der Waals surface area contributed by atoms with Crippen LogP contribution in [0.5, 0.6) is 5.75 Å². The van der Waals surface area contributed by atoms with Crippen molar-refractivity contribution in [2.24, 2.45) is 7.05 Å². The van der Waals surface area contributed by atoms with Gasteiger partial charge in [0.25, 0.3) is 0 Å². The van der Waals surface area contributed by atoms with Crippen LogP contribution in [-0.2, 0) is 7.05 Å². The average Bonchev–Trinajstić information content (AvgIpc) is 3.30. The lowest BCUT2D eigenvalue weighted by Gasteiger charge is -2.46. The first kappa shape index (κ1) is 20.7. The molecule has 2 N–H and O–H groups in total. The lowest BCUT2D eigenvalue weighted by molar-refractivity contribution is 0.160. The van der Waals surface area contributed by atoms with Crippen molar-refractivity contribution < 1.29 is 5.11 Å². The molecule has 0 amide bonds. The highest BCUT2D eigenvalue weighted by Gasteiger charge is 2.38. The smallest absolute Gasteiger partial charge is 0.234 e. The summed E-state index contributed by atoms with van der Waals surface area (Å²) in [7, 11) is 1.88. The van der Waals surface area contributed by atoms with Gasteiger partial charge < -0.3 is 10.4 Å². The van der Waals surface area contributed by atoms with Gasteiger partial charge in [0.15, 0.2) is 0 Å². The average molecular weight is 431 g/mol. The number of piperidine rings is 1. The highest BCUT2D eigenvalue weighted by molar-refractivity contribution is 5.74. The first-order valence-corrected chi connectivity index (χ1v) is 11.1. The van der Waals surface area contributed by atoms with Gasteiger partial charge in [0.2, 0.25) is 5.78 Å². The van der Waals surface area contributed by atoms with Crippen LogP contribution in [0.1, 0.15) is 52.1 Å². The number of aromatic hydroxyl groups is 1. The van der Waals surface area contributed by atoms with Gasteiger partial charge in [0.05, 0.1) is 11.9 Å². The third kappa shape index (κ3) is 3.88. The Bertz CT molecular complexity index is 1280. The third-order valence-electron chi connectivity index (χ3n) is 6.27. The maximum atomic E-state index is 10.7. The predicted molar refractivity (Wildman–Crippen MR) is 126 cm³/mol. The number of phenolic OH excluding ortho intramolecular Hbond substituents is 1. The number of fused-ring (bicyclic) bond motifs is 1. The Morgan fingerprint density at radius 3 is 2.41 bits per heavy atom. The Labute approximate surface area is 188 Å². The van der Waals surface area contributed by atoms with Gasteiger partial charge in [-0.15, -0.1) is 0 Å². The summed E-state index contributed by atoms with van der Waals surface area (Å²) in [6.45, 7) is 9.02. The van der Waals surface area contributed by atoms with Crippen molar-refractivity contribution in [3.63, 3.8) is 0 Å². The van der Waals surface area contributed by atoms with Crippen molar-refractivity contribution in [3.8, 4) is 28.1 Å². The fraction of sp³-hybridized carbons (Fsp3) is 0.400. The minimum atomic E-state index is 0.0582. The number of phenols is 1. The van der Waals surface area contributed by atoms with Gasteiger partial charge in [-0.1, -0.05) is 6.07 Å². The van der Waals surface area contributed by atoms with E-state index in [4.69, 9.17) is 9.97 Å². The predicted octanol–water partition coefficient (Wildman–Crippen LogP) is 4.53. The molecule has 166 valence electrons. The number of aromatic nitrogens is 5. The van der Waals surface area contributed by atoms with Gasteiger partial charge in [-0.25, -0.2) is 9.97 Å². The molecular weight excluding hydrogens is 400 g/mol. The van der Waals surface area contributed by atoms with Crippen LogP contribution in [0.4, 0.5) is 0 Å². The number of aryl methyl sites for hydroxylation is 1. The zero-order valence-corrected chi connectivity index (χ0v) is 19.3. The van der Waals surface area contributed by atoms with Gasteiger partial charge in [0.1, 0.15) is 5.75 Å². The summed E-state index contributed by atoms with van der Waals surface area (Å²) in [5, 5.41) is 18.6. The molecule has 1 aromatic carbocycles. The molecule has 1 saturated heterocycles. The Hall–Kier alpha value is -3.19. The standard InChI is InChI=1S/C25H30N6O/c1-24(2)11-17(12-25(3,4)29-24)20-8-9-31-15-21(28-23(31)27-20)19-7-6-16(10-22(19)32)18-13-26-30(5)14-18/h6-10,13-15,17,29,32H,11-12H2,1-5H3. The van der Waals surface area contributed by atoms with Gasteiger partial charge in [0, 0.05) is 59.5 Å². The number of hydrogen-bond acceptors (Lipinski definition) is 5. The Balaban J connectivity index is 1.47. The molecule has 1 fully saturated rings. The SMILES string of the molecule is Cn1cc(-c2ccc(-c3cn4ccc(C5CC(C)(C)NC(C)(C)C5)nc4n3)c(O)c2)cn1. The van der Waals surface area contributed by atoms with Gasteiger partial charge in [-0.2, -0.15) is 5.10 Å². The molecule has 1 aliphatic heterocycles. The molecule has 3 aromatic heterocycles. The Morgan fingerprint density at radius 1 is 1.00 bits per heavy atom. The quantitative estimate of drug-likeness (QED) is 0.499. The molecule has 0 bridgehead atoms. The van der Waals surface area contributed by atoms with Crippen molar-refractivity contribution >= 4 is 5.78 Å². The van der Waals surface area contributed by atoms with Crippen LogP contribution in [0.15, 0.2) is 49.1 Å². The number of nitrogens with one attached hydrogen (secondary N) is 1. The Morgan fingerprint density at radius 2 is 1.75 bits per heavy atom. The fourth-order valence-corrected chi connectivity index (χ4v) is 5.27. The van der Waals surface area contributed by atoms with E-state index in [0.29, 0.717) is 23.0 Å². The summed E-state index contributed by atoms with van der Waals surface area (Å²) in [6, 6.07) is 7.74. The number of nitrogens with zero attached hydrogens (tertiary/aromatic N) is 5. The molecule has 0 saturated carbocycles. The van der Waals surface area contributed by atoms with E-state index in [9.17, 15) is 5.11 Å². The number of imidazole rings is 1. The van der Waals surface area contributed by atoms with Crippen LogP contribution in [0.25, 0.3) is 28.2 Å². The molecule has 4 heterocycles. The molecule has 1 aliphatic rings. The van der Waals surface area contributed by atoms with Crippen LogP contribution in [0.2, 0.25) is 0 Å². The molecule has 0 spiro atoms. The van der Waals surface area contributed by atoms with Gasteiger partial charge >= 0.3 is 0 Å². The van der Waals surface area contributed by atoms with E-state index in [1.807, 2.05) is 42.2 Å². The van der Waals surface area contributed by atoms with Crippen molar-refractivity contribution in [2.45, 2.75) is 57.5 Å².